The first-order valence-electron chi connectivity index (χ1n) is 14.3. The van der Waals surface area contributed by atoms with E-state index < -0.39 is 12.1 Å². The average Bonchev–Trinajstić information content (AvgIpc) is 3.79. The topological polar surface area (TPSA) is 131 Å². The van der Waals surface area contributed by atoms with Crippen LogP contribution in [0, 0.1) is 0 Å². The number of fused-ring (bicyclic) bond motifs is 2. The third-order valence-corrected chi connectivity index (χ3v) is 7.78. The number of para-hydroxylation sites is 1. The van der Waals surface area contributed by atoms with Gasteiger partial charge in [0, 0.05) is 31.6 Å². The van der Waals surface area contributed by atoms with E-state index in [-0.39, 0.29) is 29.8 Å². The second-order valence-corrected chi connectivity index (χ2v) is 10.6. The average molecular weight is 568 g/mol. The number of carbonyl (C=O) groups is 3. The lowest BCUT2D eigenvalue weighted by molar-refractivity contribution is -0.138. The summed E-state index contributed by atoms with van der Waals surface area (Å²) in [4.78, 5) is 48.3. The molecule has 6 rings (SSSR count). The zero-order valence-electron chi connectivity index (χ0n) is 23.5. The number of carbonyl (C=O) groups excluding carboxylic acids is 3. The fourth-order valence-corrected chi connectivity index (χ4v) is 5.59. The summed E-state index contributed by atoms with van der Waals surface area (Å²) in [6.45, 7) is 3.41. The van der Waals surface area contributed by atoms with Crippen LogP contribution in [-0.4, -0.2) is 83.0 Å². The van der Waals surface area contributed by atoms with E-state index in [1.165, 1.54) is 0 Å². The highest BCUT2D eigenvalue weighted by Crippen LogP contribution is 2.23. The summed E-state index contributed by atoms with van der Waals surface area (Å²) in [5.41, 5.74) is 1.87. The van der Waals surface area contributed by atoms with E-state index in [1.807, 2.05) is 67.6 Å². The third-order valence-electron chi connectivity index (χ3n) is 7.78. The number of rotatable bonds is 3. The van der Waals surface area contributed by atoms with E-state index in [0.717, 1.165) is 17.7 Å². The first-order chi connectivity index (χ1) is 20.5. The monoisotopic (exact) mass is 567 g/mol. The van der Waals surface area contributed by atoms with Crippen molar-refractivity contribution in [3.05, 3.63) is 78.4 Å². The predicted octanol–water partition coefficient (Wildman–Crippen LogP) is 2.63. The summed E-state index contributed by atoms with van der Waals surface area (Å²) in [7, 11) is 0. The van der Waals surface area contributed by atoms with E-state index in [1.54, 1.807) is 25.4 Å². The van der Waals surface area contributed by atoms with Gasteiger partial charge in [0.15, 0.2) is 11.5 Å². The largest absolute Gasteiger partial charge is 0.345 e. The zero-order chi connectivity index (χ0) is 29.1. The maximum absolute atomic E-state index is 13.7. The third kappa shape index (κ3) is 5.65. The highest BCUT2D eigenvalue weighted by atomic mass is 16.2. The fraction of sp³-hybridized carbons (Fsp3) is 0.367. The molecule has 2 aliphatic rings. The molecule has 1 saturated heterocycles. The van der Waals surface area contributed by atoms with Gasteiger partial charge in [0.2, 0.25) is 11.8 Å². The number of nitrogens with one attached hydrogen (secondary N) is 1. The number of nitrogens with zero attached hydrogens (tertiary/aromatic N) is 8. The van der Waals surface area contributed by atoms with Crippen LogP contribution in [-0.2, 0) is 16.1 Å². The van der Waals surface area contributed by atoms with Crippen molar-refractivity contribution in [3.63, 3.8) is 0 Å². The van der Waals surface area contributed by atoms with Crippen LogP contribution in [0.3, 0.4) is 0 Å². The van der Waals surface area contributed by atoms with Gasteiger partial charge in [-0.05, 0) is 38.3 Å². The molecule has 1 N–H and O–H groups in total. The van der Waals surface area contributed by atoms with E-state index in [9.17, 15) is 14.4 Å². The lowest BCUT2D eigenvalue weighted by Crippen LogP contribution is -2.47. The molecule has 12 heteroatoms. The van der Waals surface area contributed by atoms with Crippen LogP contribution in [0.5, 0.6) is 0 Å². The smallest absolute Gasteiger partial charge is 0.276 e. The van der Waals surface area contributed by atoms with Gasteiger partial charge in [0.1, 0.15) is 11.9 Å². The van der Waals surface area contributed by atoms with Gasteiger partial charge in [-0.2, -0.15) is 5.10 Å². The normalized spacial score (nSPS) is 20.0. The molecule has 0 spiro atoms. The van der Waals surface area contributed by atoms with Crippen LogP contribution >= 0.6 is 0 Å². The predicted molar refractivity (Wildman–Crippen MR) is 153 cm³/mol. The molecule has 2 aromatic heterocycles. The summed E-state index contributed by atoms with van der Waals surface area (Å²) in [5.74, 6) is 0.589. The molecule has 4 aromatic rings. The zero-order valence-corrected chi connectivity index (χ0v) is 23.5. The molecule has 12 nitrogen and oxygen atoms in total. The molecule has 0 aliphatic carbocycles. The number of aromatic nitrogens is 6. The summed E-state index contributed by atoms with van der Waals surface area (Å²) < 4.78 is 3.33. The molecule has 216 valence electrons. The van der Waals surface area contributed by atoms with Crippen molar-refractivity contribution in [2.45, 2.75) is 51.2 Å². The van der Waals surface area contributed by atoms with Gasteiger partial charge in [-0.3, -0.25) is 14.4 Å². The summed E-state index contributed by atoms with van der Waals surface area (Å²) >= 11 is 0. The molecule has 0 radical (unpaired) electrons. The van der Waals surface area contributed by atoms with E-state index in [2.05, 4.69) is 15.6 Å². The fourth-order valence-electron chi connectivity index (χ4n) is 5.59. The van der Waals surface area contributed by atoms with Gasteiger partial charge < -0.3 is 15.1 Å². The Morgan fingerprint density at radius 2 is 1.69 bits per heavy atom. The molecule has 0 bridgehead atoms. The van der Waals surface area contributed by atoms with Crippen LogP contribution in [0.15, 0.2) is 66.9 Å². The minimum atomic E-state index is -0.515. The SMILES string of the molecule is C[C@@H]1NC(=O)[C@@H]2CCCN2C(=O)CCCN(C(=O)c2cn(-c3ccccc3)nn2)CCn2nc(-c3ccccc3)nc21. The molecule has 42 heavy (non-hydrogen) atoms. The molecule has 0 saturated carbocycles. The summed E-state index contributed by atoms with van der Waals surface area (Å²) in [6.07, 6.45) is 3.71. The van der Waals surface area contributed by atoms with Crippen LogP contribution in [0.2, 0.25) is 0 Å². The Morgan fingerprint density at radius 3 is 2.48 bits per heavy atom. The maximum atomic E-state index is 13.7. The minimum Gasteiger partial charge on any atom is -0.345 e. The number of amides is 3. The number of benzene rings is 2. The molecule has 1 fully saturated rings. The number of hydrogen-bond acceptors (Lipinski definition) is 7. The Labute approximate surface area is 243 Å². The van der Waals surface area contributed by atoms with Crippen molar-refractivity contribution in [2.75, 3.05) is 19.6 Å². The second kappa shape index (κ2) is 11.9. The highest BCUT2D eigenvalue weighted by molar-refractivity contribution is 5.92. The first kappa shape index (κ1) is 27.3. The van der Waals surface area contributed by atoms with Crippen molar-refractivity contribution < 1.29 is 14.4 Å². The molecular formula is C30H33N9O3. The molecule has 2 atom stereocenters. The second-order valence-electron chi connectivity index (χ2n) is 10.6. The van der Waals surface area contributed by atoms with E-state index in [4.69, 9.17) is 10.1 Å². The maximum Gasteiger partial charge on any atom is 0.276 e. The van der Waals surface area contributed by atoms with Crippen molar-refractivity contribution >= 4 is 17.7 Å². The van der Waals surface area contributed by atoms with Crippen molar-refractivity contribution in [1.82, 2.24) is 44.9 Å². The van der Waals surface area contributed by atoms with Crippen LogP contribution in [0.1, 0.15) is 55.0 Å². The van der Waals surface area contributed by atoms with Gasteiger partial charge in [0.25, 0.3) is 5.91 Å². The molecule has 4 heterocycles. The highest BCUT2D eigenvalue weighted by Gasteiger charge is 2.35. The van der Waals surface area contributed by atoms with Crippen molar-refractivity contribution in [2.24, 2.45) is 0 Å². The standard InChI is InChI=1S/C30H33N9O3/c1-21-28-32-27(22-10-4-2-5-11-22)34-38(28)19-18-36(16-9-15-26(40)37-17-8-14-25(37)29(41)31-21)30(42)24-20-39(35-33-24)23-12-6-3-7-13-23/h2-7,10-13,20-21,25H,8-9,14-19H2,1H3,(H,31,41)/t21-,25-/m0/s1. The van der Waals surface area contributed by atoms with Gasteiger partial charge >= 0.3 is 0 Å². The first-order valence-corrected chi connectivity index (χ1v) is 14.3. The Bertz CT molecular complexity index is 1570. The Kier molecular flexibility index (Phi) is 7.76. The van der Waals surface area contributed by atoms with Gasteiger partial charge in [-0.1, -0.05) is 53.7 Å². The summed E-state index contributed by atoms with van der Waals surface area (Å²) in [6, 6.07) is 18.1. The van der Waals surface area contributed by atoms with E-state index >= 15 is 0 Å². The van der Waals surface area contributed by atoms with E-state index in [0.29, 0.717) is 50.7 Å². The quantitative estimate of drug-likeness (QED) is 0.403. The van der Waals surface area contributed by atoms with Gasteiger partial charge in [0.05, 0.1) is 24.5 Å². The number of hydrogen-bond donors (Lipinski definition) is 1. The van der Waals surface area contributed by atoms with Gasteiger partial charge in [-0.25, -0.2) is 14.3 Å². The Balaban J connectivity index is 1.31. The lowest BCUT2D eigenvalue weighted by atomic mass is 10.1. The van der Waals surface area contributed by atoms with Crippen molar-refractivity contribution in [1.29, 1.82) is 0 Å². The van der Waals surface area contributed by atoms with Crippen LogP contribution < -0.4 is 5.32 Å². The lowest BCUT2D eigenvalue weighted by Gasteiger charge is -2.27. The van der Waals surface area contributed by atoms with Crippen molar-refractivity contribution in [3.8, 4) is 17.1 Å². The Hall–Kier alpha value is -4.87. The molecule has 2 aliphatic heterocycles. The van der Waals surface area contributed by atoms with Crippen LogP contribution in [0.4, 0.5) is 0 Å². The molecule has 3 amide bonds. The van der Waals surface area contributed by atoms with Gasteiger partial charge in [-0.15, -0.1) is 5.10 Å². The summed E-state index contributed by atoms with van der Waals surface area (Å²) in [5, 5.41) is 16.2. The Morgan fingerprint density at radius 1 is 0.929 bits per heavy atom. The minimum absolute atomic E-state index is 0.0747. The molecular weight excluding hydrogens is 534 g/mol. The van der Waals surface area contributed by atoms with Crippen LogP contribution in [0.25, 0.3) is 17.1 Å². The molecule has 2 aromatic carbocycles. The molecule has 0 unspecified atom stereocenters.